The van der Waals surface area contributed by atoms with Crippen LogP contribution in [0.4, 0.5) is 0 Å². The average molecular weight is 259 g/mol. The lowest BCUT2D eigenvalue weighted by atomic mass is 10.2. The van der Waals surface area contributed by atoms with Crippen molar-refractivity contribution in [2.45, 2.75) is 32.8 Å². The van der Waals surface area contributed by atoms with E-state index < -0.39 is 0 Å². The molecule has 0 radical (unpaired) electrons. The number of carbonyl (C=O) groups excluding carboxylic acids is 2. The van der Waals surface area contributed by atoms with Crippen LogP contribution in [0.2, 0.25) is 0 Å². The second-order valence-electron chi connectivity index (χ2n) is 3.96. The van der Waals surface area contributed by atoms with Gasteiger partial charge < -0.3 is 20.7 Å². The average Bonchev–Trinajstić information content (AvgIpc) is 2.37. The molecule has 0 aliphatic carbocycles. The van der Waals surface area contributed by atoms with Gasteiger partial charge in [0.05, 0.1) is 12.5 Å². The molecule has 0 rings (SSSR count). The predicted molar refractivity (Wildman–Crippen MR) is 70.0 cm³/mol. The van der Waals surface area contributed by atoms with Crippen LogP contribution in [-0.4, -0.2) is 56.1 Å². The smallest absolute Gasteiger partial charge is 0.224 e. The Morgan fingerprint density at radius 3 is 2.39 bits per heavy atom. The van der Waals surface area contributed by atoms with Gasteiger partial charge in [-0.15, -0.1) is 0 Å². The summed E-state index contributed by atoms with van der Waals surface area (Å²) in [5.74, 6) is -0.0814. The molecule has 18 heavy (non-hydrogen) atoms. The van der Waals surface area contributed by atoms with Crippen LogP contribution in [0.5, 0.6) is 0 Å². The molecule has 0 fully saturated rings. The lowest BCUT2D eigenvalue weighted by Gasteiger charge is -2.18. The molecule has 0 aliphatic rings. The zero-order chi connectivity index (χ0) is 14.0. The first-order chi connectivity index (χ1) is 8.58. The molecule has 6 heteroatoms. The summed E-state index contributed by atoms with van der Waals surface area (Å²) in [7, 11) is 1.52. The summed E-state index contributed by atoms with van der Waals surface area (Å²) in [5.41, 5.74) is 5.42. The van der Waals surface area contributed by atoms with Gasteiger partial charge in [-0.3, -0.25) is 9.59 Å². The van der Waals surface area contributed by atoms with Crippen molar-refractivity contribution in [2.75, 3.05) is 33.3 Å². The molecule has 0 aliphatic heterocycles. The van der Waals surface area contributed by atoms with E-state index in [4.69, 9.17) is 10.5 Å². The fraction of sp³-hybridized carbons (Fsp3) is 0.833. The van der Waals surface area contributed by atoms with Crippen LogP contribution in [-0.2, 0) is 14.3 Å². The van der Waals surface area contributed by atoms with Crippen LogP contribution in [0.1, 0.15) is 26.7 Å². The Morgan fingerprint density at radius 1 is 1.33 bits per heavy atom. The van der Waals surface area contributed by atoms with E-state index in [1.54, 1.807) is 4.90 Å². The van der Waals surface area contributed by atoms with E-state index in [-0.39, 0.29) is 24.3 Å². The second-order valence-corrected chi connectivity index (χ2v) is 3.96. The zero-order valence-electron chi connectivity index (χ0n) is 11.6. The lowest BCUT2D eigenvalue weighted by molar-refractivity contribution is -0.130. The third-order valence-corrected chi connectivity index (χ3v) is 2.79. The third-order valence-electron chi connectivity index (χ3n) is 2.79. The van der Waals surface area contributed by atoms with E-state index >= 15 is 0 Å². The van der Waals surface area contributed by atoms with Crippen molar-refractivity contribution in [2.24, 2.45) is 5.73 Å². The number of ether oxygens (including phenoxy) is 1. The molecular formula is C12H25N3O3. The third kappa shape index (κ3) is 6.56. The largest absolute Gasteiger partial charge is 0.380 e. The van der Waals surface area contributed by atoms with Gasteiger partial charge >= 0.3 is 0 Å². The van der Waals surface area contributed by atoms with Crippen molar-refractivity contribution in [1.29, 1.82) is 0 Å². The maximum absolute atomic E-state index is 11.7. The topological polar surface area (TPSA) is 84.7 Å². The van der Waals surface area contributed by atoms with Gasteiger partial charge in [0.15, 0.2) is 0 Å². The van der Waals surface area contributed by atoms with Crippen molar-refractivity contribution < 1.29 is 14.3 Å². The first kappa shape index (κ1) is 16.9. The molecule has 1 atom stereocenters. The van der Waals surface area contributed by atoms with Gasteiger partial charge in [-0.2, -0.15) is 0 Å². The predicted octanol–water partition coefficient (Wildman–Crippen LogP) is -0.275. The fourth-order valence-electron chi connectivity index (χ4n) is 1.59. The Kier molecular flexibility index (Phi) is 9.22. The molecule has 0 heterocycles. The van der Waals surface area contributed by atoms with Crippen LogP contribution in [0.15, 0.2) is 0 Å². The highest BCUT2D eigenvalue weighted by atomic mass is 16.5. The summed E-state index contributed by atoms with van der Waals surface area (Å²) in [6.07, 6.45) is 0.295. The molecule has 0 aromatic heterocycles. The van der Waals surface area contributed by atoms with Crippen LogP contribution in [0.3, 0.4) is 0 Å². The van der Waals surface area contributed by atoms with Crippen molar-refractivity contribution in [3.63, 3.8) is 0 Å². The first-order valence-electron chi connectivity index (χ1n) is 6.36. The number of hydrogen-bond acceptors (Lipinski definition) is 4. The van der Waals surface area contributed by atoms with E-state index in [0.717, 1.165) is 0 Å². The molecule has 0 aromatic rings. The molecule has 0 spiro atoms. The summed E-state index contributed by atoms with van der Waals surface area (Å²) in [6.45, 7) is 5.93. The number of nitrogens with zero attached hydrogens (tertiary/aromatic N) is 1. The number of nitrogens with two attached hydrogens (primary N) is 1. The first-order valence-corrected chi connectivity index (χ1v) is 6.36. The van der Waals surface area contributed by atoms with Gasteiger partial charge in [-0.25, -0.2) is 0 Å². The van der Waals surface area contributed by atoms with Gasteiger partial charge in [-0.05, 0) is 13.8 Å². The van der Waals surface area contributed by atoms with E-state index in [0.29, 0.717) is 32.6 Å². The number of carbonyl (C=O) groups is 2. The number of hydrogen-bond donors (Lipinski definition) is 2. The summed E-state index contributed by atoms with van der Waals surface area (Å²) in [5, 5.41) is 2.69. The zero-order valence-corrected chi connectivity index (χ0v) is 11.6. The molecule has 3 N–H and O–H groups in total. The Labute approximate surface area is 109 Å². The highest BCUT2D eigenvalue weighted by Crippen LogP contribution is 1.96. The minimum Gasteiger partial charge on any atom is -0.380 e. The highest BCUT2D eigenvalue weighted by molar-refractivity contribution is 5.79. The monoisotopic (exact) mass is 259 g/mol. The Bertz CT molecular complexity index is 251. The van der Waals surface area contributed by atoms with Gasteiger partial charge in [0.2, 0.25) is 11.8 Å². The number of rotatable bonds is 9. The fourth-order valence-corrected chi connectivity index (χ4v) is 1.59. The number of amides is 2. The molecule has 106 valence electrons. The Morgan fingerprint density at radius 2 is 1.94 bits per heavy atom. The van der Waals surface area contributed by atoms with Crippen molar-refractivity contribution in [3.8, 4) is 0 Å². The summed E-state index contributed by atoms with van der Waals surface area (Å²) < 4.78 is 5.01. The Hall–Kier alpha value is -1.14. The van der Waals surface area contributed by atoms with Gasteiger partial charge in [-0.1, -0.05) is 0 Å². The maximum atomic E-state index is 11.7. The molecule has 2 amide bonds. The number of nitrogens with one attached hydrogen (secondary N) is 1. The van der Waals surface area contributed by atoms with Crippen LogP contribution in [0, 0.1) is 0 Å². The van der Waals surface area contributed by atoms with Crippen molar-refractivity contribution in [1.82, 2.24) is 10.2 Å². The van der Waals surface area contributed by atoms with E-state index in [9.17, 15) is 9.59 Å². The van der Waals surface area contributed by atoms with E-state index in [1.165, 1.54) is 7.11 Å². The lowest BCUT2D eigenvalue weighted by Crippen LogP contribution is -2.36. The van der Waals surface area contributed by atoms with E-state index in [2.05, 4.69) is 5.32 Å². The van der Waals surface area contributed by atoms with E-state index in [1.807, 2.05) is 13.8 Å². The van der Waals surface area contributed by atoms with Crippen molar-refractivity contribution in [3.05, 3.63) is 0 Å². The molecule has 0 aromatic carbocycles. The minimum atomic E-state index is -0.261. The molecule has 0 bridgehead atoms. The SMILES string of the molecule is CCN(CC)C(=O)CCNC(=O)CC(CN)OC. The number of methoxy groups -OCH3 is 1. The molecule has 1 unspecified atom stereocenters. The maximum Gasteiger partial charge on any atom is 0.224 e. The summed E-state index contributed by atoms with van der Waals surface area (Å²) in [4.78, 5) is 24.9. The highest BCUT2D eigenvalue weighted by Gasteiger charge is 2.12. The van der Waals surface area contributed by atoms with Crippen LogP contribution < -0.4 is 11.1 Å². The summed E-state index contributed by atoms with van der Waals surface area (Å²) >= 11 is 0. The normalized spacial score (nSPS) is 12.0. The van der Waals surface area contributed by atoms with Crippen LogP contribution in [0.25, 0.3) is 0 Å². The summed E-state index contributed by atoms with van der Waals surface area (Å²) in [6, 6.07) is 0. The second kappa shape index (κ2) is 9.85. The van der Waals surface area contributed by atoms with Crippen LogP contribution >= 0.6 is 0 Å². The quantitative estimate of drug-likeness (QED) is 0.596. The van der Waals surface area contributed by atoms with Gasteiger partial charge in [0.1, 0.15) is 0 Å². The Balaban J connectivity index is 3.83. The molecule has 0 saturated carbocycles. The van der Waals surface area contributed by atoms with Gasteiger partial charge in [0.25, 0.3) is 0 Å². The molecule has 6 nitrogen and oxygen atoms in total. The molecular weight excluding hydrogens is 234 g/mol. The minimum absolute atomic E-state index is 0.0578. The van der Waals surface area contributed by atoms with Gasteiger partial charge in [0, 0.05) is 39.7 Å². The molecule has 0 saturated heterocycles. The van der Waals surface area contributed by atoms with Crippen molar-refractivity contribution >= 4 is 11.8 Å². The standard InChI is InChI=1S/C12H25N3O3/c1-4-15(5-2)12(17)6-7-14-11(16)8-10(9-13)18-3/h10H,4-9,13H2,1-3H3,(H,14,16).